The van der Waals surface area contributed by atoms with Gasteiger partial charge in [0.2, 0.25) is 5.89 Å². The summed E-state index contributed by atoms with van der Waals surface area (Å²) in [6, 6.07) is 0. The van der Waals surface area contributed by atoms with Gasteiger partial charge >= 0.3 is 5.69 Å². The molecule has 120 valence electrons. The van der Waals surface area contributed by atoms with Crippen LogP contribution in [-0.2, 0) is 19.5 Å². The third kappa shape index (κ3) is 4.33. The lowest BCUT2D eigenvalue weighted by Crippen LogP contribution is -2.32. The number of aliphatic hydroxyl groups is 1. The lowest BCUT2D eigenvalue weighted by Gasteiger charge is -2.18. The fourth-order valence-electron chi connectivity index (χ4n) is 1.97. The van der Waals surface area contributed by atoms with Gasteiger partial charge in [0.25, 0.3) is 0 Å². The zero-order valence-electron chi connectivity index (χ0n) is 12.4. The molecule has 0 radical (unpaired) electrons. The number of nitrogens with zero attached hydrogens (tertiary/aromatic N) is 6. The van der Waals surface area contributed by atoms with Gasteiger partial charge in [-0.1, -0.05) is 12.1 Å². The van der Waals surface area contributed by atoms with Crippen molar-refractivity contribution in [1.82, 2.24) is 24.8 Å². The van der Waals surface area contributed by atoms with Gasteiger partial charge in [-0.25, -0.2) is 0 Å². The van der Waals surface area contributed by atoms with Crippen molar-refractivity contribution >= 4 is 5.69 Å². The van der Waals surface area contributed by atoms with Crippen LogP contribution in [0.1, 0.15) is 18.6 Å². The van der Waals surface area contributed by atoms with E-state index in [2.05, 4.69) is 15.2 Å². The molecule has 0 aliphatic rings. The van der Waals surface area contributed by atoms with Crippen LogP contribution < -0.4 is 0 Å². The van der Waals surface area contributed by atoms with Crippen LogP contribution in [0.5, 0.6) is 0 Å². The minimum absolute atomic E-state index is 0.0986. The highest BCUT2D eigenvalue weighted by Crippen LogP contribution is 2.09. The molecule has 0 aliphatic heterocycles. The molecule has 2 aromatic rings. The zero-order chi connectivity index (χ0) is 16.1. The average molecular weight is 310 g/mol. The summed E-state index contributed by atoms with van der Waals surface area (Å²) in [6.07, 6.45) is 2.42. The molecule has 0 saturated heterocycles. The van der Waals surface area contributed by atoms with E-state index in [0.29, 0.717) is 31.2 Å². The highest BCUT2D eigenvalue weighted by molar-refractivity contribution is 5.20. The Morgan fingerprint density at radius 1 is 1.59 bits per heavy atom. The number of likely N-dealkylation sites (N-methyl/N-ethyl adjacent to an activating group) is 1. The molecule has 22 heavy (non-hydrogen) atoms. The van der Waals surface area contributed by atoms with Crippen LogP contribution in [0.4, 0.5) is 5.69 Å². The van der Waals surface area contributed by atoms with Crippen molar-refractivity contribution in [3.8, 4) is 0 Å². The van der Waals surface area contributed by atoms with Crippen molar-refractivity contribution in [2.45, 2.75) is 32.5 Å². The molecular formula is C12H18N6O4. The van der Waals surface area contributed by atoms with Gasteiger partial charge in [-0.15, -0.1) is 0 Å². The molecule has 0 amide bonds. The number of nitro groups is 1. The van der Waals surface area contributed by atoms with E-state index >= 15 is 0 Å². The standard InChI is InChI=1S/C12H18N6O4/c1-3-11-14-12(22-15-11)8-16(2)6-10(19)7-17-5-9(4-13-17)18(20)21/h4-5,10,19H,3,6-8H2,1-2H3. The largest absolute Gasteiger partial charge is 0.390 e. The molecular weight excluding hydrogens is 292 g/mol. The zero-order valence-corrected chi connectivity index (χ0v) is 12.4. The second-order valence-electron chi connectivity index (χ2n) is 4.99. The molecule has 2 aromatic heterocycles. The molecule has 0 aromatic carbocycles. The summed E-state index contributed by atoms with van der Waals surface area (Å²) in [4.78, 5) is 16.1. The molecule has 10 nitrogen and oxygen atoms in total. The van der Waals surface area contributed by atoms with Crippen molar-refractivity contribution in [2.75, 3.05) is 13.6 Å². The normalized spacial score (nSPS) is 12.7. The SMILES string of the molecule is CCc1noc(CN(C)CC(O)Cn2cc([N+](=O)[O-])cn2)n1. The van der Waals surface area contributed by atoms with Gasteiger partial charge in [0.1, 0.15) is 12.4 Å². The Balaban J connectivity index is 1.82. The van der Waals surface area contributed by atoms with Crippen molar-refractivity contribution in [1.29, 1.82) is 0 Å². The summed E-state index contributed by atoms with van der Waals surface area (Å²) in [5, 5.41) is 28.2. The van der Waals surface area contributed by atoms with Crippen LogP contribution in [0.2, 0.25) is 0 Å². The highest BCUT2D eigenvalue weighted by Gasteiger charge is 2.15. The van der Waals surface area contributed by atoms with Crippen LogP contribution >= 0.6 is 0 Å². The van der Waals surface area contributed by atoms with E-state index in [1.54, 1.807) is 0 Å². The number of hydrogen-bond acceptors (Lipinski definition) is 8. The van der Waals surface area contributed by atoms with Crippen LogP contribution in [0.3, 0.4) is 0 Å². The van der Waals surface area contributed by atoms with Gasteiger partial charge in [-0.05, 0) is 7.05 Å². The summed E-state index contributed by atoms with van der Waals surface area (Å²) < 4.78 is 6.42. The second kappa shape index (κ2) is 7.09. The van der Waals surface area contributed by atoms with Crippen LogP contribution in [-0.4, -0.2) is 54.5 Å². The third-order valence-corrected chi connectivity index (χ3v) is 2.98. The van der Waals surface area contributed by atoms with E-state index in [1.165, 1.54) is 10.9 Å². The fourth-order valence-corrected chi connectivity index (χ4v) is 1.97. The first-order valence-electron chi connectivity index (χ1n) is 6.82. The molecule has 0 saturated carbocycles. The molecule has 10 heteroatoms. The molecule has 0 bridgehead atoms. The number of aryl methyl sites for hydroxylation is 1. The predicted molar refractivity (Wildman–Crippen MR) is 74.9 cm³/mol. The van der Waals surface area contributed by atoms with Gasteiger partial charge in [0, 0.05) is 13.0 Å². The number of rotatable bonds is 8. The van der Waals surface area contributed by atoms with Crippen molar-refractivity contribution in [2.24, 2.45) is 0 Å². The smallest absolute Gasteiger partial charge is 0.306 e. The van der Waals surface area contributed by atoms with E-state index in [-0.39, 0.29) is 12.2 Å². The van der Waals surface area contributed by atoms with Crippen molar-refractivity contribution in [3.63, 3.8) is 0 Å². The summed E-state index contributed by atoms with van der Waals surface area (Å²) in [5.74, 6) is 1.13. The van der Waals surface area contributed by atoms with Crippen LogP contribution in [0, 0.1) is 10.1 Å². The highest BCUT2D eigenvalue weighted by atomic mass is 16.6. The number of aromatic nitrogens is 4. The van der Waals surface area contributed by atoms with Gasteiger partial charge in [0.15, 0.2) is 5.82 Å². The van der Waals surface area contributed by atoms with E-state index in [9.17, 15) is 15.2 Å². The monoisotopic (exact) mass is 310 g/mol. The molecule has 0 fully saturated rings. The Morgan fingerprint density at radius 3 is 2.95 bits per heavy atom. The van der Waals surface area contributed by atoms with Crippen molar-refractivity contribution < 1.29 is 14.6 Å². The summed E-state index contributed by atoms with van der Waals surface area (Å²) in [6.45, 7) is 2.87. The van der Waals surface area contributed by atoms with Gasteiger partial charge < -0.3 is 9.63 Å². The van der Waals surface area contributed by atoms with Gasteiger partial charge in [-0.2, -0.15) is 10.1 Å². The number of hydrogen-bond donors (Lipinski definition) is 1. The maximum atomic E-state index is 10.6. The van der Waals surface area contributed by atoms with E-state index in [1.807, 2.05) is 18.9 Å². The predicted octanol–water partition coefficient (Wildman–Crippen LogP) is 0.230. The van der Waals surface area contributed by atoms with Crippen LogP contribution in [0.15, 0.2) is 16.9 Å². The molecule has 2 heterocycles. The molecule has 0 spiro atoms. The first kappa shape index (κ1) is 16.0. The maximum absolute atomic E-state index is 10.6. The molecule has 1 unspecified atom stereocenters. The number of aliphatic hydroxyl groups excluding tert-OH is 1. The topological polar surface area (TPSA) is 123 Å². The molecule has 0 aliphatic carbocycles. The van der Waals surface area contributed by atoms with E-state index < -0.39 is 11.0 Å². The minimum Gasteiger partial charge on any atom is -0.390 e. The summed E-state index contributed by atoms with van der Waals surface area (Å²) in [5.41, 5.74) is -0.0986. The average Bonchev–Trinajstić information content (AvgIpc) is 3.07. The third-order valence-electron chi connectivity index (χ3n) is 2.98. The summed E-state index contributed by atoms with van der Waals surface area (Å²) >= 11 is 0. The Bertz CT molecular complexity index is 625. The Hall–Kier alpha value is -2.33. The van der Waals surface area contributed by atoms with Gasteiger partial charge in [-0.3, -0.25) is 19.7 Å². The Morgan fingerprint density at radius 2 is 2.36 bits per heavy atom. The molecule has 2 rings (SSSR count). The first-order valence-corrected chi connectivity index (χ1v) is 6.82. The van der Waals surface area contributed by atoms with E-state index in [4.69, 9.17) is 4.52 Å². The first-order chi connectivity index (χ1) is 10.5. The van der Waals surface area contributed by atoms with E-state index in [0.717, 1.165) is 6.20 Å². The van der Waals surface area contributed by atoms with Crippen molar-refractivity contribution in [3.05, 3.63) is 34.2 Å². The fraction of sp³-hybridized carbons (Fsp3) is 0.583. The van der Waals surface area contributed by atoms with Gasteiger partial charge in [0.05, 0.1) is 24.1 Å². The lowest BCUT2D eigenvalue weighted by molar-refractivity contribution is -0.385. The summed E-state index contributed by atoms with van der Waals surface area (Å²) in [7, 11) is 1.81. The Labute approximate surface area is 126 Å². The minimum atomic E-state index is -0.724. The quantitative estimate of drug-likeness (QED) is 0.543. The molecule has 1 N–H and O–H groups in total. The molecule has 1 atom stereocenters. The lowest BCUT2D eigenvalue weighted by atomic mass is 10.3. The second-order valence-corrected chi connectivity index (χ2v) is 4.99. The Kier molecular flexibility index (Phi) is 5.17. The van der Waals surface area contributed by atoms with Crippen LogP contribution in [0.25, 0.3) is 0 Å². The maximum Gasteiger partial charge on any atom is 0.306 e.